The first-order chi connectivity index (χ1) is 13.1. The molecular weight excluding hydrogens is 336 g/mol. The van der Waals surface area contributed by atoms with Crippen molar-refractivity contribution in [2.24, 2.45) is 5.73 Å². The lowest BCUT2D eigenvalue weighted by Crippen LogP contribution is -2.49. The summed E-state index contributed by atoms with van der Waals surface area (Å²) in [5, 5.41) is 17.8. The highest BCUT2D eigenvalue weighted by atomic mass is 16.3. The molecule has 0 unspecified atom stereocenters. The molecule has 0 radical (unpaired) electrons. The van der Waals surface area contributed by atoms with Crippen LogP contribution in [0.15, 0.2) is 60.8 Å². The number of aliphatic hydroxyl groups is 1. The third kappa shape index (κ3) is 3.79. The van der Waals surface area contributed by atoms with E-state index in [4.69, 9.17) is 11.1 Å². The molecule has 1 fully saturated rings. The molecule has 5 nitrogen and oxygen atoms in total. The summed E-state index contributed by atoms with van der Waals surface area (Å²) in [7, 11) is 0. The maximum Gasteiger partial charge on any atom is 0.0794 e. The molecule has 0 saturated carbocycles. The van der Waals surface area contributed by atoms with Crippen LogP contribution in [0.2, 0.25) is 0 Å². The number of fused-ring (bicyclic) bond motifs is 1. The summed E-state index contributed by atoms with van der Waals surface area (Å²) in [5.74, 6) is 0. The number of nitrogens with zero attached hydrogens (tertiary/aromatic N) is 2. The van der Waals surface area contributed by atoms with E-state index in [9.17, 15) is 5.11 Å². The molecule has 1 aromatic heterocycles. The predicted octanol–water partition coefficient (Wildman–Crippen LogP) is 2.82. The third-order valence-corrected chi connectivity index (χ3v) is 5.08. The summed E-state index contributed by atoms with van der Waals surface area (Å²) >= 11 is 0. The second kappa shape index (κ2) is 7.39. The van der Waals surface area contributed by atoms with Gasteiger partial charge in [-0.05, 0) is 46.4 Å². The Balaban J connectivity index is 1.49. The van der Waals surface area contributed by atoms with E-state index >= 15 is 0 Å². The Morgan fingerprint density at radius 1 is 1.07 bits per heavy atom. The fourth-order valence-electron chi connectivity index (χ4n) is 3.60. The standard InChI is InChI=1S/C22H24N4O/c23-9-7-21(24)18-4-1-16(2-5-18)13-26-10-8-19-11-17(3-6-22(19)26)12-25-14-20(27)15-25/h1-11,20,23,27H,12-15,24H2/b21-7-,23-9?. The molecule has 27 heavy (non-hydrogen) atoms. The van der Waals surface area contributed by atoms with Crippen molar-refractivity contribution in [1.82, 2.24) is 9.47 Å². The Morgan fingerprint density at radius 3 is 2.52 bits per heavy atom. The van der Waals surface area contributed by atoms with Crippen LogP contribution in [0.1, 0.15) is 16.7 Å². The van der Waals surface area contributed by atoms with Crippen LogP contribution in [0.5, 0.6) is 0 Å². The Morgan fingerprint density at radius 2 is 1.81 bits per heavy atom. The van der Waals surface area contributed by atoms with Crippen molar-refractivity contribution in [3.63, 3.8) is 0 Å². The topological polar surface area (TPSA) is 78.3 Å². The van der Waals surface area contributed by atoms with Crippen molar-refractivity contribution >= 4 is 22.8 Å². The lowest BCUT2D eigenvalue weighted by Gasteiger charge is -2.35. The predicted molar refractivity (Wildman–Crippen MR) is 110 cm³/mol. The maximum atomic E-state index is 9.42. The smallest absolute Gasteiger partial charge is 0.0794 e. The average molecular weight is 360 g/mol. The van der Waals surface area contributed by atoms with E-state index < -0.39 is 0 Å². The van der Waals surface area contributed by atoms with Gasteiger partial charge in [0.15, 0.2) is 0 Å². The van der Waals surface area contributed by atoms with Crippen LogP contribution in [0.3, 0.4) is 0 Å². The Labute approximate surface area is 158 Å². The lowest BCUT2D eigenvalue weighted by atomic mass is 10.1. The summed E-state index contributed by atoms with van der Waals surface area (Å²) in [6.45, 7) is 3.24. The Hall–Kier alpha value is -2.89. The van der Waals surface area contributed by atoms with Crippen LogP contribution >= 0.6 is 0 Å². The van der Waals surface area contributed by atoms with Gasteiger partial charge in [0.05, 0.1) is 6.10 Å². The molecule has 2 aromatic carbocycles. The van der Waals surface area contributed by atoms with Gasteiger partial charge in [-0.25, -0.2) is 0 Å². The van der Waals surface area contributed by atoms with Crippen molar-refractivity contribution < 1.29 is 5.11 Å². The van der Waals surface area contributed by atoms with Crippen LogP contribution in [0.25, 0.3) is 16.6 Å². The number of hydrogen-bond acceptors (Lipinski definition) is 4. The molecule has 2 heterocycles. The molecule has 1 aliphatic rings. The zero-order valence-electron chi connectivity index (χ0n) is 15.2. The fraction of sp³-hybridized carbons (Fsp3) is 0.227. The first-order valence-electron chi connectivity index (χ1n) is 9.16. The molecule has 138 valence electrons. The normalized spacial score (nSPS) is 15.8. The molecule has 3 aromatic rings. The monoisotopic (exact) mass is 360 g/mol. The number of aliphatic hydroxyl groups excluding tert-OH is 1. The molecular formula is C22H24N4O. The van der Waals surface area contributed by atoms with Crippen molar-refractivity contribution in [3.05, 3.63) is 77.5 Å². The van der Waals surface area contributed by atoms with Crippen molar-refractivity contribution in [2.75, 3.05) is 13.1 Å². The Kier molecular flexibility index (Phi) is 4.79. The maximum absolute atomic E-state index is 9.42. The van der Waals surface area contributed by atoms with Crippen LogP contribution in [0.4, 0.5) is 0 Å². The van der Waals surface area contributed by atoms with Gasteiger partial charge in [-0.15, -0.1) is 0 Å². The van der Waals surface area contributed by atoms with E-state index in [-0.39, 0.29) is 6.10 Å². The summed E-state index contributed by atoms with van der Waals surface area (Å²) < 4.78 is 2.25. The quantitative estimate of drug-likeness (QED) is 0.592. The van der Waals surface area contributed by atoms with Crippen LogP contribution in [-0.4, -0.2) is 40.0 Å². The number of allylic oxidation sites excluding steroid dienone is 1. The summed E-state index contributed by atoms with van der Waals surface area (Å²) in [5.41, 5.74) is 11.2. The van der Waals surface area contributed by atoms with Crippen LogP contribution in [-0.2, 0) is 13.1 Å². The van der Waals surface area contributed by atoms with Gasteiger partial charge in [0.1, 0.15) is 0 Å². The zero-order chi connectivity index (χ0) is 18.8. The molecule has 1 saturated heterocycles. The van der Waals surface area contributed by atoms with Gasteiger partial charge in [0.2, 0.25) is 0 Å². The summed E-state index contributed by atoms with van der Waals surface area (Å²) in [4.78, 5) is 2.25. The molecule has 0 atom stereocenters. The van der Waals surface area contributed by atoms with Gasteiger partial charge in [0, 0.05) is 49.8 Å². The van der Waals surface area contributed by atoms with Gasteiger partial charge in [-0.2, -0.15) is 0 Å². The number of β-amino-alcohol motifs (C(OH)–C–C–N with tert-alkyl or cyclic N) is 1. The number of aromatic nitrogens is 1. The highest BCUT2D eigenvalue weighted by Gasteiger charge is 2.23. The molecule has 1 aliphatic heterocycles. The van der Waals surface area contributed by atoms with E-state index in [1.807, 2.05) is 12.1 Å². The second-order valence-electron chi connectivity index (χ2n) is 7.17. The number of rotatable bonds is 6. The molecule has 4 rings (SSSR count). The van der Waals surface area contributed by atoms with Crippen molar-refractivity contribution in [1.29, 1.82) is 5.41 Å². The highest BCUT2D eigenvalue weighted by molar-refractivity contribution is 5.82. The first kappa shape index (κ1) is 17.5. The largest absolute Gasteiger partial charge is 0.398 e. The third-order valence-electron chi connectivity index (χ3n) is 5.08. The van der Waals surface area contributed by atoms with Gasteiger partial charge in [-0.1, -0.05) is 30.3 Å². The van der Waals surface area contributed by atoms with E-state index in [1.54, 1.807) is 6.08 Å². The number of benzene rings is 2. The number of hydrogen-bond donors (Lipinski definition) is 3. The zero-order valence-corrected chi connectivity index (χ0v) is 15.2. The van der Waals surface area contributed by atoms with E-state index in [0.29, 0.717) is 5.70 Å². The Bertz CT molecular complexity index is 981. The van der Waals surface area contributed by atoms with Gasteiger partial charge in [0.25, 0.3) is 0 Å². The van der Waals surface area contributed by atoms with E-state index in [1.165, 1.54) is 28.2 Å². The van der Waals surface area contributed by atoms with E-state index in [2.05, 4.69) is 52.1 Å². The van der Waals surface area contributed by atoms with Crippen LogP contribution in [0, 0.1) is 5.41 Å². The molecule has 0 amide bonds. The molecule has 5 heteroatoms. The minimum Gasteiger partial charge on any atom is -0.398 e. The second-order valence-corrected chi connectivity index (χ2v) is 7.17. The number of nitrogens with two attached hydrogens (primary N) is 1. The molecule has 0 spiro atoms. The van der Waals surface area contributed by atoms with Crippen molar-refractivity contribution in [2.45, 2.75) is 19.2 Å². The number of likely N-dealkylation sites (tertiary alicyclic amines) is 1. The average Bonchev–Trinajstić information content (AvgIpc) is 3.03. The minimum absolute atomic E-state index is 0.155. The minimum atomic E-state index is -0.155. The van der Waals surface area contributed by atoms with Gasteiger partial charge >= 0.3 is 0 Å². The molecule has 4 N–H and O–H groups in total. The lowest BCUT2D eigenvalue weighted by molar-refractivity contribution is -0.00284. The fourth-order valence-corrected chi connectivity index (χ4v) is 3.60. The first-order valence-corrected chi connectivity index (χ1v) is 9.16. The highest BCUT2D eigenvalue weighted by Crippen LogP contribution is 2.22. The van der Waals surface area contributed by atoms with E-state index in [0.717, 1.165) is 31.7 Å². The van der Waals surface area contributed by atoms with Crippen molar-refractivity contribution in [3.8, 4) is 0 Å². The molecule has 0 aliphatic carbocycles. The van der Waals surface area contributed by atoms with Crippen LogP contribution < -0.4 is 5.73 Å². The van der Waals surface area contributed by atoms with Gasteiger partial charge < -0.3 is 20.8 Å². The summed E-state index contributed by atoms with van der Waals surface area (Å²) in [6, 6.07) is 16.9. The van der Waals surface area contributed by atoms with Gasteiger partial charge in [-0.3, -0.25) is 4.90 Å². The SMILES string of the molecule is N=C/C=C(\N)c1ccc(Cn2ccc3cc(CN4CC(O)C4)ccc32)cc1. The number of nitrogens with one attached hydrogen (secondary N) is 1. The molecule has 0 bridgehead atoms. The summed E-state index contributed by atoms with van der Waals surface area (Å²) in [6.07, 6.45) is 4.76.